The maximum Gasteiger partial charge on any atom is 0.123 e. The van der Waals surface area contributed by atoms with Gasteiger partial charge in [-0.05, 0) is 30.7 Å². The van der Waals surface area contributed by atoms with Crippen molar-refractivity contribution in [2.45, 2.75) is 12.5 Å². The van der Waals surface area contributed by atoms with E-state index in [0.717, 1.165) is 12.0 Å². The first-order valence-electron chi connectivity index (χ1n) is 3.95. The summed E-state index contributed by atoms with van der Waals surface area (Å²) in [6, 6.07) is 6.12. The molecule has 2 nitrogen and oxygen atoms in total. The zero-order chi connectivity index (χ0) is 8.97. The Bertz CT molecular complexity index is 238. The van der Waals surface area contributed by atoms with Crippen LogP contribution in [0, 0.1) is 5.82 Å². The van der Waals surface area contributed by atoms with Gasteiger partial charge in [0, 0.05) is 6.04 Å². The van der Waals surface area contributed by atoms with E-state index < -0.39 is 0 Å². The molecule has 4 heteroatoms. The number of rotatable bonds is 3. The van der Waals surface area contributed by atoms with Crippen molar-refractivity contribution in [3.8, 4) is 0 Å². The van der Waals surface area contributed by atoms with Gasteiger partial charge in [0.2, 0.25) is 0 Å². The Morgan fingerprint density at radius 2 is 1.77 bits per heavy atom. The SMILES string of the molecule is Cl.NCC[C@H](N)c1ccc(F)cc1. The van der Waals surface area contributed by atoms with Gasteiger partial charge in [0.05, 0.1) is 0 Å². The van der Waals surface area contributed by atoms with Gasteiger partial charge in [0.25, 0.3) is 0 Å². The first-order chi connectivity index (χ1) is 5.74. The summed E-state index contributed by atoms with van der Waals surface area (Å²) in [7, 11) is 0. The predicted octanol–water partition coefficient (Wildman–Crippen LogP) is 1.60. The summed E-state index contributed by atoms with van der Waals surface area (Å²) in [4.78, 5) is 0. The molecule has 0 bridgehead atoms. The minimum Gasteiger partial charge on any atom is -0.330 e. The van der Waals surface area contributed by atoms with Gasteiger partial charge in [0.15, 0.2) is 0 Å². The zero-order valence-electron chi connectivity index (χ0n) is 7.24. The molecule has 13 heavy (non-hydrogen) atoms. The Labute approximate surface area is 83.5 Å². The van der Waals surface area contributed by atoms with Gasteiger partial charge in [-0.25, -0.2) is 4.39 Å². The van der Waals surface area contributed by atoms with Crippen molar-refractivity contribution in [3.63, 3.8) is 0 Å². The van der Waals surface area contributed by atoms with Gasteiger partial charge in [-0.3, -0.25) is 0 Å². The molecular formula is C9H14ClFN2. The molecule has 0 fully saturated rings. The molecule has 0 heterocycles. The van der Waals surface area contributed by atoms with E-state index in [9.17, 15) is 4.39 Å². The molecule has 0 aromatic heterocycles. The molecule has 0 saturated heterocycles. The van der Waals surface area contributed by atoms with Gasteiger partial charge in [0.1, 0.15) is 5.82 Å². The lowest BCUT2D eigenvalue weighted by atomic mass is 10.1. The molecule has 1 atom stereocenters. The summed E-state index contributed by atoms with van der Waals surface area (Å²) < 4.78 is 12.5. The highest BCUT2D eigenvalue weighted by molar-refractivity contribution is 5.85. The Hall–Kier alpha value is -0.640. The fraction of sp³-hybridized carbons (Fsp3) is 0.333. The summed E-state index contributed by atoms with van der Waals surface area (Å²) in [5, 5.41) is 0. The third-order valence-corrected chi connectivity index (χ3v) is 1.78. The van der Waals surface area contributed by atoms with Crippen LogP contribution in [0.1, 0.15) is 18.0 Å². The molecular weight excluding hydrogens is 191 g/mol. The maximum atomic E-state index is 12.5. The zero-order valence-corrected chi connectivity index (χ0v) is 8.06. The molecule has 1 aromatic rings. The molecule has 0 unspecified atom stereocenters. The Morgan fingerprint density at radius 3 is 2.23 bits per heavy atom. The van der Waals surface area contributed by atoms with Crippen LogP contribution in [0.3, 0.4) is 0 Å². The van der Waals surface area contributed by atoms with Gasteiger partial charge in [-0.1, -0.05) is 12.1 Å². The highest BCUT2D eigenvalue weighted by Crippen LogP contribution is 2.13. The summed E-state index contributed by atoms with van der Waals surface area (Å²) in [5.41, 5.74) is 12.0. The van der Waals surface area contributed by atoms with Gasteiger partial charge < -0.3 is 11.5 Å². The quantitative estimate of drug-likeness (QED) is 0.786. The number of nitrogens with two attached hydrogens (primary N) is 2. The lowest BCUT2D eigenvalue weighted by molar-refractivity contribution is 0.621. The van der Waals surface area contributed by atoms with Crippen molar-refractivity contribution in [2.75, 3.05) is 6.54 Å². The smallest absolute Gasteiger partial charge is 0.123 e. The van der Waals surface area contributed by atoms with Crippen LogP contribution in [0.4, 0.5) is 4.39 Å². The van der Waals surface area contributed by atoms with E-state index in [1.807, 2.05) is 0 Å². The lowest BCUT2D eigenvalue weighted by Gasteiger charge is -2.09. The first-order valence-corrected chi connectivity index (χ1v) is 3.95. The monoisotopic (exact) mass is 204 g/mol. The van der Waals surface area contributed by atoms with Gasteiger partial charge in [-0.15, -0.1) is 12.4 Å². The molecule has 0 amide bonds. The summed E-state index contributed by atoms with van der Waals surface area (Å²) in [6.45, 7) is 0.554. The van der Waals surface area contributed by atoms with Crippen molar-refractivity contribution >= 4 is 12.4 Å². The predicted molar refractivity (Wildman–Crippen MR) is 54.2 cm³/mol. The fourth-order valence-corrected chi connectivity index (χ4v) is 1.06. The maximum absolute atomic E-state index is 12.5. The molecule has 1 rings (SSSR count). The Kier molecular flexibility index (Phi) is 5.62. The molecule has 74 valence electrons. The number of halogens is 2. The minimum atomic E-state index is -0.237. The van der Waals surface area contributed by atoms with Crippen LogP contribution in [-0.4, -0.2) is 6.54 Å². The van der Waals surface area contributed by atoms with E-state index in [1.54, 1.807) is 12.1 Å². The summed E-state index contributed by atoms with van der Waals surface area (Å²) in [5.74, 6) is -0.237. The standard InChI is InChI=1S/C9H13FN2.ClH/c10-8-3-1-7(2-4-8)9(12)5-6-11;/h1-4,9H,5-6,11-12H2;1H/t9-;/m0./s1. The Morgan fingerprint density at radius 1 is 1.23 bits per heavy atom. The average molecular weight is 205 g/mol. The van der Waals surface area contributed by atoms with Gasteiger partial charge >= 0.3 is 0 Å². The summed E-state index contributed by atoms with van der Waals surface area (Å²) >= 11 is 0. The van der Waals surface area contributed by atoms with Crippen LogP contribution in [0.15, 0.2) is 24.3 Å². The highest BCUT2D eigenvalue weighted by atomic mass is 35.5. The van der Waals surface area contributed by atoms with E-state index >= 15 is 0 Å². The van der Waals surface area contributed by atoms with E-state index in [2.05, 4.69) is 0 Å². The molecule has 0 aliphatic carbocycles. The van der Waals surface area contributed by atoms with Crippen molar-refractivity contribution < 1.29 is 4.39 Å². The fourth-order valence-electron chi connectivity index (χ4n) is 1.06. The van der Waals surface area contributed by atoms with Crippen molar-refractivity contribution in [1.82, 2.24) is 0 Å². The number of hydrogen-bond donors (Lipinski definition) is 2. The van der Waals surface area contributed by atoms with Crippen molar-refractivity contribution in [1.29, 1.82) is 0 Å². The van der Waals surface area contributed by atoms with E-state index in [0.29, 0.717) is 6.54 Å². The van der Waals surface area contributed by atoms with E-state index in [-0.39, 0.29) is 24.3 Å². The second-order valence-electron chi connectivity index (χ2n) is 2.74. The average Bonchev–Trinajstić information content (AvgIpc) is 2.06. The molecule has 0 aliphatic heterocycles. The molecule has 0 aliphatic rings. The third-order valence-electron chi connectivity index (χ3n) is 1.78. The molecule has 0 saturated carbocycles. The second kappa shape index (κ2) is 5.91. The Balaban J connectivity index is 0.00000144. The molecule has 4 N–H and O–H groups in total. The van der Waals surface area contributed by atoms with Crippen LogP contribution >= 0.6 is 12.4 Å². The molecule has 0 spiro atoms. The third kappa shape index (κ3) is 3.72. The van der Waals surface area contributed by atoms with E-state index in [1.165, 1.54) is 12.1 Å². The van der Waals surface area contributed by atoms with Gasteiger partial charge in [-0.2, -0.15) is 0 Å². The molecule has 1 aromatic carbocycles. The van der Waals surface area contributed by atoms with Crippen LogP contribution < -0.4 is 11.5 Å². The largest absolute Gasteiger partial charge is 0.330 e. The number of hydrogen-bond acceptors (Lipinski definition) is 2. The highest BCUT2D eigenvalue weighted by Gasteiger charge is 2.03. The van der Waals surface area contributed by atoms with Crippen LogP contribution in [0.2, 0.25) is 0 Å². The van der Waals surface area contributed by atoms with Crippen LogP contribution in [0.5, 0.6) is 0 Å². The van der Waals surface area contributed by atoms with Crippen molar-refractivity contribution in [3.05, 3.63) is 35.6 Å². The number of benzene rings is 1. The normalized spacial score (nSPS) is 11.9. The lowest BCUT2D eigenvalue weighted by Crippen LogP contribution is -2.15. The minimum absolute atomic E-state index is 0. The van der Waals surface area contributed by atoms with Crippen molar-refractivity contribution in [2.24, 2.45) is 11.5 Å². The van der Waals surface area contributed by atoms with Crippen LogP contribution in [0.25, 0.3) is 0 Å². The van der Waals surface area contributed by atoms with E-state index in [4.69, 9.17) is 11.5 Å². The first kappa shape index (κ1) is 12.4. The molecule has 0 radical (unpaired) electrons. The summed E-state index contributed by atoms with van der Waals surface area (Å²) in [6.07, 6.45) is 0.728. The second-order valence-corrected chi connectivity index (χ2v) is 2.74. The van der Waals surface area contributed by atoms with Crippen LogP contribution in [-0.2, 0) is 0 Å². The topological polar surface area (TPSA) is 52.0 Å².